The second-order valence-corrected chi connectivity index (χ2v) is 6.16. The molecule has 4 nitrogen and oxygen atoms in total. The minimum absolute atomic E-state index is 0.126. The first kappa shape index (κ1) is 16.9. The number of carbonyl (C=O) groups is 1. The van der Waals surface area contributed by atoms with E-state index in [1.54, 1.807) is 34.6 Å². The molecule has 0 spiro atoms. The summed E-state index contributed by atoms with van der Waals surface area (Å²) in [5.74, 6) is -2.58. The van der Waals surface area contributed by atoms with Gasteiger partial charge in [-0.2, -0.15) is 0 Å². The Morgan fingerprint density at radius 2 is 1.59 bits per heavy atom. The van der Waals surface area contributed by atoms with Crippen LogP contribution in [0.2, 0.25) is 0 Å². The molecular weight excluding hydrogens is 293 g/mol. The van der Waals surface area contributed by atoms with E-state index in [0.29, 0.717) is 0 Å². The first-order valence-corrected chi connectivity index (χ1v) is 7.11. The normalized spacial score (nSPS) is 19.3. The zero-order valence-electron chi connectivity index (χ0n) is 13.3. The molecule has 0 bridgehead atoms. The molecule has 0 saturated carbocycles. The van der Waals surface area contributed by atoms with Crippen LogP contribution in [0.15, 0.2) is 12.1 Å². The number of halogens is 2. The highest BCUT2D eigenvalue weighted by Crippen LogP contribution is 2.36. The van der Waals surface area contributed by atoms with Gasteiger partial charge < -0.3 is 14.0 Å². The van der Waals surface area contributed by atoms with Crippen LogP contribution in [0.25, 0.3) is 0 Å². The highest BCUT2D eigenvalue weighted by Gasteiger charge is 2.53. The summed E-state index contributed by atoms with van der Waals surface area (Å²) >= 11 is 0. The molecule has 1 aromatic rings. The maximum Gasteiger partial charge on any atom is 0.500 e. The summed E-state index contributed by atoms with van der Waals surface area (Å²) in [6.07, 6.45) is 0. The third-order valence-corrected chi connectivity index (χ3v) is 4.08. The molecular formula is C15H19BF2O4. The average molecular weight is 312 g/mol. The summed E-state index contributed by atoms with van der Waals surface area (Å²) in [6.45, 7) is 8.89. The summed E-state index contributed by atoms with van der Waals surface area (Å²) in [4.78, 5) is 11.6. The molecule has 2 rings (SSSR count). The monoisotopic (exact) mass is 312 g/mol. The largest absolute Gasteiger partial charge is 0.500 e. The lowest BCUT2D eigenvalue weighted by Gasteiger charge is -2.32. The summed E-state index contributed by atoms with van der Waals surface area (Å²) in [7, 11) is -1.17. The fourth-order valence-corrected chi connectivity index (χ4v) is 2.10. The smallest absolute Gasteiger partial charge is 0.462 e. The molecule has 1 fully saturated rings. The maximum atomic E-state index is 14.3. The number of carbonyl (C=O) groups excluding carboxylic acids is 1. The molecule has 120 valence electrons. The van der Waals surface area contributed by atoms with E-state index in [0.717, 1.165) is 12.1 Å². The van der Waals surface area contributed by atoms with Crippen molar-refractivity contribution in [3.05, 3.63) is 29.3 Å². The van der Waals surface area contributed by atoms with Crippen LogP contribution in [0.5, 0.6) is 0 Å². The van der Waals surface area contributed by atoms with Gasteiger partial charge in [0.25, 0.3) is 0 Å². The molecule has 1 saturated heterocycles. The molecule has 1 aliphatic heterocycles. The minimum atomic E-state index is -1.17. The summed E-state index contributed by atoms with van der Waals surface area (Å²) in [6, 6.07) is 1.86. The Morgan fingerprint density at radius 3 is 2.00 bits per heavy atom. The Bertz CT molecular complexity index is 562. The number of rotatable bonds is 3. The van der Waals surface area contributed by atoms with Crippen LogP contribution in [0.4, 0.5) is 8.78 Å². The zero-order valence-corrected chi connectivity index (χ0v) is 13.3. The fraction of sp³-hybridized carbons (Fsp3) is 0.533. The third-order valence-electron chi connectivity index (χ3n) is 4.08. The Morgan fingerprint density at radius 1 is 1.14 bits per heavy atom. The van der Waals surface area contributed by atoms with Crippen LogP contribution in [0.1, 0.15) is 45.0 Å². The van der Waals surface area contributed by atoms with Gasteiger partial charge in [0, 0.05) is 0 Å². The summed E-state index contributed by atoms with van der Waals surface area (Å²) in [5.41, 5.74) is -1.95. The van der Waals surface area contributed by atoms with E-state index in [9.17, 15) is 13.6 Å². The van der Waals surface area contributed by atoms with Crippen molar-refractivity contribution >= 4 is 18.6 Å². The zero-order chi connectivity index (χ0) is 16.7. The quantitative estimate of drug-likeness (QED) is 0.635. The molecule has 1 aliphatic rings. The lowest BCUT2D eigenvalue weighted by molar-refractivity contribution is 0.00578. The molecule has 0 atom stereocenters. The van der Waals surface area contributed by atoms with Gasteiger partial charge in [0.15, 0.2) is 0 Å². The third kappa shape index (κ3) is 2.87. The number of ether oxygens (including phenoxy) is 1. The van der Waals surface area contributed by atoms with Crippen molar-refractivity contribution in [2.45, 2.75) is 45.8 Å². The predicted octanol–water partition coefficient (Wildman–Crippen LogP) is 2.44. The van der Waals surface area contributed by atoms with Crippen molar-refractivity contribution in [3.8, 4) is 0 Å². The van der Waals surface area contributed by atoms with E-state index in [1.807, 2.05) is 0 Å². The highest BCUT2D eigenvalue weighted by atomic mass is 19.1. The van der Waals surface area contributed by atoms with Crippen molar-refractivity contribution in [1.82, 2.24) is 0 Å². The second-order valence-electron chi connectivity index (χ2n) is 6.16. The molecule has 22 heavy (non-hydrogen) atoms. The van der Waals surface area contributed by atoms with E-state index in [1.165, 1.54) is 0 Å². The molecule has 7 heteroatoms. The van der Waals surface area contributed by atoms with Crippen LogP contribution in [-0.4, -0.2) is 30.9 Å². The Kier molecular flexibility index (Phi) is 4.32. The van der Waals surface area contributed by atoms with Crippen LogP contribution in [-0.2, 0) is 14.0 Å². The topological polar surface area (TPSA) is 44.8 Å². The fourth-order valence-electron chi connectivity index (χ4n) is 2.10. The van der Waals surface area contributed by atoms with E-state index < -0.39 is 35.9 Å². The van der Waals surface area contributed by atoms with Crippen LogP contribution in [0, 0.1) is 11.6 Å². The van der Waals surface area contributed by atoms with E-state index >= 15 is 0 Å². The first-order chi connectivity index (χ1) is 10.1. The van der Waals surface area contributed by atoms with Gasteiger partial charge in [-0.25, -0.2) is 13.6 Å². The van der Waals surface area contributed by atoms with Gasteiger partial charge in [0.05, 0.1) is 28.8 Å². The molecule has 0 aliphatic carbocycles. The molecule has 0 N–H and O–H groups in total. The number of esters is 1. The molecule has 0 aromatic heterocycles. The lowest BCUT2D eigenvalue weighted by atomic mass is 9.77. The minimum Gasteiger partial charge on any atom is -0.462 e. The van der Waals surface area contributed by atoms with Crippen molar-refractivity contribution < 1.29 is 27.6 Å². The average Bonchev–Trinajstić information content (AvgIpc) is 2.57. The molecule has 1 heterocycles. The van der Waals surface area contributed by atoms with Gasteiger partial charge in [0.2, 0.25) is 0 Å². The predicted molar refractivity (Wildman–Crippen MR) is 78.0 cm³/mol. The van der Waals surface area contributed by atoms with Crippen molar-refractivity contribution in [3.63, 3.8) is 0 Å². The van der Waals surface area contributed by atoms with E-state index in [-0.39, 0.29) is 17.6 Å². The maximum absolute atomic E-state index is 14.3. The Labute approximate surface area is 128 Å². The number of hydrogen-bond donors (Lipinski definition) is 0. The van der Waals surface area contributed by atoms with Crippen LogP contribution < -0.4 is 5.46 Å². The van der Waals surface area contributed by atoms with Crippen LogP contribution in [0.3, 0.4) is 0 Å². The lowest BCUT2D eigenvalue weighted by Crippen LogP contribution is -2.41. The van der Waals surface area contributed by atoms with Crippen LogP contribution >= 0.6 is 0 Å². The molecule has 0 radical (unpaired) electrons. The van der Waals surface area contributed by atoms with Gasteiger partial charge in [-0.15, -0.1) is 0 Å². The SMILES string of the molecule is CCOC(=O)c1cc(F)c(B2OC(C)(C)C(C)(C)O2)c(F)c1. The van der Waals surface area contributed by atoms with Gasteiger partial charge in [-0.1, -0.05) is 0 Å². The molecule has 0 amide bonds. The second kappa shape index (κ2) is 5.63. The number of hydrogen-bond acceptors (Lipinski definition) is 4. The Hall–Kier alpha value is -1.47. The summed E-state index contributed by atoms with van der Waals surface area (Å²) in [5, 5.41) is 0. The molecule has 0 unspecified atom stereocenters. The van der Waals surface area contributed by atoms with Crippen molar-refractivity contribution in [1.29, 1.82) is 0 Å². The van der Waals surface area contributed by atoms with Gasteiger partial charge >= 0.3 is 13.1 Å². The van der Waals surface area contributed by atoms with E-state index in [2.05, 4.69) is 0 Å². The van der Waals surface area contributed by atoms with Gasteiger partial charge in [0.1, 0.15) is 11.6 Å². The number of benzene rings is 1. The van der Waals surface area contributed by atoms with Crippen molar-refractivity contribution in [2.24, 2.45) is 0 Å². The Balaban J connectivity index is 2.36. The van der Waals surface area contributed by atoms with E-state index in [4.69, 9.17) is 14.0 Å². The molecule has 1 aromatic carbocycles. The standard InChI is InChI=1S/C15H19BF2O4/c1-6-20-13(19)9-7-10(17)12(11(18)8-9)16-21-14(2,3)15(4,5)22-16/h7-8H,6H2,1-5H3. The van der Waals surface area contributed by atoms with Crippen molar-refractivity contribution in [2.75, 3.05) is 6.61 Å². The first-order valence-electron chi connectivity index (χ1n) is 7.11. The summed E-state index contributed by atoms with van der Waals surface area (Å²) < 4.78 is 44.5. The van der Waals surface area contributed by atoms with Gasteiger partial charge in [-0.05, 0) is 46.8 Å². The highest BCUT2D eigenvalue weighted by molar-refractivity contribution is 6.62. The van der Waals surface area contributed by atoms with Gasteiger partial charge in [-0.3, -0.25) is 0 Å².